The van der Waals surface area contributed by atoms with Gasteiger partial charge in [-0.25, -0.2) is 4.79 Å². The molecule has 0 atom stereocenters. The Morgan fingerprint density at radius 3 is 2.30 bits per heavy atom. The minimum atomic E-state index is -1.64. The SMILES string of the molecule is CC(=O)Cc1ccc(NC(=O)OC(C)(C)O)cc1C(=O)c1ccc(Cl)cc1. The number of aliphatic hydroxyl groups is 1. The number of amides is 1. The molecule has 0 aliphatic rings. The number of benzene rings is 2. The van der Waals surface area contributed by atoms with Crippen LogP contribution in [0.25, 0.3) is 0 Å². The van der Waals surface area contributed by atoms with E-state index in [1.165, 1.54) is 26.8 Å². The van der Waals surface area contributed by atoms with E-state index in [9.17, 15) is 19.5 Å². The van der Waals surface area contributed by atoms with Gasteiger partial charge < -0.3 is 9.84 Å². The highest BCUT2D eigenvalue weighted by molar-refractivity contribution is 6.30. The van der Waals surface area contributed by atoms with Crippen molar-refractivity contribution in [2.45, 2.75) is 33.0 Å². The van der Waals surface area contributed by atoms with Gasteiger partial charge in [0.1, 0.15) is 5.78 Å². The van der Waals surface area contributed by atoms with E-state index in [0.29, 0.717) is 21.8 Å². The Kier molecular flexibility index (Phi) is 6.36. The van der Waals surface area contributed by atoms with E-state index >= 15 is 0 Å². The van der Waals surface area contributed by atoms with Gasteiger partial charge in [-0.05, 0) is 48.9 Å². The lowest BCUT2D eigenvalue weighted by Crippen LogP contribution is -2.30. The highest BCUT2D eigenvalue weighted by Gasteiger charge is 2.20. The van der Waals surface area contributed by atoms with E-state index in [2.05, 4.69) is 5.32 Å². The van der Waals surface area contributed by atoms with Gasteiger partial charge in [-0.2, -0.15) is 0 Å². The second-order valence-corrected chi connectivity index (χ2v) is 6.98. The van der Waals surface area contributed by atoms with Crippen molar-refractivity contribution in [3.05, 3.63) is 64.2 Å². The van der Waals surface area contributed by atoms with E-state index in [-0.39, 0.29) is 23.6 Å². The summed E-state index contributed by atoms with van der Waals surface area (Å²) in [4.78, 5) is 36.3. The van der Waals surface area contributed by atoms with Crippen molar-refractivity contribution < 1.29 is 24.2 Å². The molecule has 1 amide bonds. The molecule has 0 aliphatic heterocycles. The van der Waals surface area contributed by atoms with Crippen molar-refractivity contribution in [2.24, 2.45) is 0 Å². The Hall–Kier alpha value is -2.70. The number of nitrogens with one attached hydrogen (secondary N) is 1. The summed E-state index contributed by atoms with van der Waals surface area (Å²) < 4.78 is 4.79. The zero-order chi connectivity index (χ0) is 20.2. The number of anilines is 1. The van der Waals surface area contributed by atoms with Crippen LogP contribution in [0.3, 0.4) is 0 Å². The number of rotatable bonds is 6. The first kappa shape index (κ1) is 20.6. The Bertz CT molecular complexity index is 869. The average molecular weight is 390 g/mol. The molecular formula is C20H20ClNO5. The van der Waals surface area contributed by atoms with Crippen molar-refractivity contribution in [2.75, 3.05) is 5.32 Å². The lowest BCUT2D eigenvalue weighted by Gasteiger charge is -2.18. The average Bonchev–Trinajstić information content (AvgIpc) is 2.54. The van der Waals surface area contributed by atoms with Gasteiger partial charge in [0.2, 0.25) is 5.79 Å². The van der Waals surface area contributed by atoms with Crippen LogP contribution in [0.15, 0.2) is 42.5 Å². The van der Waals surface area contributed by atoms with E-state index in [4.69, 9.17) is 16.3 Å². The summed E-state index contributed by atoms with van der Waals surface area (Å²) in [6.07, 6.45) is -0.782. The fourth-order valence-corrected chi connectivity index (χ4v) is 2.54. The summed E-state index contributed by atoms with van der Waals surface area (Å²) in [6.45, 7) is 4.07. The maximum atomic E-state index is 12.9. The first-order chi connectivity index (χ1) is 12.5. The summed E-state index contributed by atoms with van der Waals surface area (Å²) in [6, 6.07) is 11.0. The summed E-state index contributed by atoms with van der Waals surface area (Å²) in [7, 11) is 0. The van der Waals surface area contributed by atoms with Crippen LogP contribution in [0.1, 0.15) is 42.3 Å². The standard InChI is InChI=1S/C20H20ClNO5/c1-12(23)10-14-6-9-16(22-19(25)27-20(2,3)26)11-17(14)18(24)13-4-7-15(21)8-5-13/h4-9,11,26H,10H2,1-3H3,(H,22,25). The molecule has 7 heteroatoms. The third kappa shape index (κ3) is 6.20. The van der Waals surface area contributed by atoms with Crippen LogP contribution >= 0.6 is 11.6 Å². The summed E-state index contributed by atoms with van der Waals surface area (Å²) in [5.74, 6) is -2.04. The minimum absolute atomic E-state index is 0.0864. The molecule has 2 N–H and O–H groups in total. The normalized spacial score (nSPS) is 11.0. The van der Waals surface area contributed by atoms with Gasteiger partial charge in [0.05, 0.1) is 0 Å². The molecule has 0 saturated carbocycles. The molecule has 2 aromatic carbocycles. The van der Waals surface area contributed by atoms with Crippen molar-refractivity contribution in [1.82, 2.24) is 0 Å². The van der Waals surface area contributed by atoms with Gasteiger partial charge in [-0.1, -0.05) is 17.7 Å². The van der Waals surface area contributed by atoms with Gasteiger partial charge in [0.25, 0.3) is 0 Å². The molecule has 0 fully saturated rings. The van der Waals surface area contributed by atoms with Gasteiger partial charge in [-0.15, -0.1) is 0 Å². The summed E-state index contributed by atoms with van der Waals surface area (Å²) in [5, 5.41) is 12.5. The zero-order valence-corrected chi connectivity index (χ0v) is 16.0. The topological polar surface area (TPSA) is 92.7 Å². The highest BCUT2D eigenvalue weighted by atomic mass is 35.5. The maximum absolute atomic E-state index is 12.9. The van der Waals surface area contributed by atoms with E-state index in [1.54, 1.807) is 36.4 Å². The van der Waals surface area contributed by atoms with Crippen LogP contribution in [-0.2, 0) is 16.0 Å². The largest absolute Gasteiger partial charge is 0.418 e. The predicted octanol–water partition coefficient (Wildman–Crippen LogP) is 3.98. The van der Waals surface area contributed by atoms with Gasteiger partial charge in [-0.3, -0.25) is 14.9 Å². The number of hydrogen-bond donors (Lipinski definition) is 2. The van der Waals surface area contributed by atoms with Crippen LogP contribution in [0, 0.1) is 0 Å². The fourth-order valence-electron chi connectivity index (χ4n) is 2.41. The molecule has 0 spiro atoms. The van der Waals surface area contributed by atoms with Crippen molar-refractivity contribution in [3.8, 4) is 0 Å². The maximum Gasteiger partial charge on any atom is 0.414 e. The quantitative estimate of drug-likeness (QED) is 0.575. The zero-order valence-electron chi connectivity index (χ0n) is 15.2. The molecule has 0 aromatic heterocycles. The first-order valence-electron chi connectivity index (χ1n) is 8.20. The van der Waals surface area contributed by atoms with Crippen molar-refractivity contribution in [1.29, 1.82) is 0 Å². The van der Waals surface area contributed by atoms with Crippen molar-refractivity contribution in [3.63, 3.8) is 0 Å². The van der Waals surface area contributed by atoms with E-state index in [0.717, 1.165) is 0 Å². The lowest BCUT2D eigenvalue weighted by atomic mass is 9.95. The molecule has 27 heavy (non-hydrogen) atoms. The molecule has 0 unspecified atom stereocenters. The molecule has 0 saturated heterocycles. The third-order valence-corrected chi connectivity index (χ3v) is 3.74. The van der Waals surface area contributed by atoms with Crippen LogP contribution in [0.5, 0.6) is 0 Å². The first-order valence-corrected chi connectivity index (χ1v) is 8.58. The van der Waals surface area contributed by atoms with Crippen LogP contribution < -0.4 is 5.32 Å². The number of Topliss-reactive ketones (excluding diaryl/α,β-unsaturated/α-hetero) is 1. The highest BCUT2D eigenvalue weighted by Crippen LogP contribution is 2.22. The second kappa shape index (κ2) is 8.33. The summed E-state index contributed by atoms with van der Waals surface area (Å²) in [5.41, 5.74) is 1.53. The molecule has 0 bridgehead atoms. The molecule has 0 radical (unpaired) electrons. The number of hydrogen-bond acceptors (Lipinski definition) is 5. The predicted molar refractivity (Wildman–Crippen MR) is 102 cm³/mol. The van der Waals surface area contributed by atoms with E-state index in [1.807, 2.05) is 0 Å². The summed E-state index contributed by atoms with van der Waals surface area (Å²) >= 11 is 5.86. The lowest BCUT2D eigenvalue weighted by molar-refractivity contribution is -0.127. The fraction of sp³-hybridized carbons (Fsp3) is 0.250. The van der Waals surface area contributed by atoms with Crippen LogP contribution in [0.2, 0.25) is 5.02 Å². The number of ketones is 2. The van der Waals surface area contributed by atoms with Gasteiger partial charge in [0.15, 0.2) is 5.78 Å². The number of carbonyl (C=O) groups is 3. The third-order valence-electron chi connectivity index (χ3n) is 3.49. The second-order valence-electron chi connectivity index (χ2n) is 6.55. The number of halogens is 1. The molecule has 6 nitrogen and oxygen atoms in total. The number of ether oxygens (including phenoxy) is 1. The van der Waals surface area contributed by atoms with Crippen LogP contribution in [0.4, 0.5) is 10.5 Å². The molecule has 0 heterocycles. The smallest absolute Gasteiger partial charge is 0.414 e. The van der Waals surface area contributed by atoms with Gasteiger partial charge >= 0.3 is 6.09 Å². The molecule has 0 aliphatic carbocycles. The number of carbonyl (C=O) groups excluding carboxylic acids is 3. The Morgan fingerprint density at radius 1 is 1.11 bits per heavy atom. The Labute approximate surface area is 162 Å². The molecular weight excluding hydrogens is 370 g/mol. The van der Waals surface area contributed by atoms with E-state index < -0.39 is 11.9 Å². The minimum Gasteiger partial charge on any atom is -0.418 e. The molecule has 2 rings (SSSR count). The van der Waals surface area contributed by atoms with Crippen molar-refractivity contribution >= 4 is 34.9 Å². The molecule has 142 valence electrons. The van der Waals surface area contributed by atoms with Gasteiger partial charge in [0, 0.05) is 42.1 Å². The molecule has 2 aromatic rings. The Morgan fingerprint density at radius 2 is 1.74 bits per heavy atom. The Balaban J connectivity index is 2.36. The van der Waals surface area contributed by atoms with Crippen LogP contribution in [-0.4, -0.2) is 28.6 Å². The monoisotopic (exact) mass is 389 g/mol.